The van der Waals surface area contributed by atoms with Gasteiger partial charge in [-0.1, -0.05) is 6.42 Å². The second-order valence-electron chi connectivity index (χ2n) is 4.08. The van der Waals surface area contributed by atoms with Crippen molar-refractivity contribution in [3.63, 3.8) is 0 Å². The van der Waals surface area contributed by atoms with Gasteiger partial charge in [-0.2, -0.15) is 11.8 Å². The molecule has 1 heterocycles. The van der Waals surface area contributed by atoms with Crippen LogP contribution in [0.15, 0.2) is 0 Å². The molecule has 84 valence electrons. The molecule has 0 aromatic carbocycles. The molecule has 0 bridgehead atoms. The molecule has 0 aliphatic carbocycles. The van der Waals surface area contributed by atoms with Crippen LogP contribution in [0.2, 0.25) is 0 Å². The van der Waals surface area contributed by atoms with Crippen LogP contribution < -0.4 is 5.32 Å². The number of methoxy groups -OCH3 is 1. The lowest BCUT2D eigenvalue weighted by atomic mass is 10.1. The second-order valence-corrected chi connectivity index (χ2v) is 5.49. The summed E-state index contributed by atoms with van der Waals surface area (Å²) in [7, 11) is 1.77. The zero-order valence-corrected chi connectivity index (χ0v) is 10.2. The predicted octanol–water partition coefficient (Wildman–Crippen LogP) is 2.29. The predicted molar refractivity (Wildman–Crippen MR) is 64.1 cm³/mol. The van der Waals surface area contributed by atoms with Gasteiger partial charge in [-0.05, 0) is 31.9 Å². The molecule has 3 heteroatoms. The molecule has 14 heavy (non-hydrogen) atoms. The molecule has 2 unspecified atom stereocenters. The van der Waals surface area contributed by atoms with Gasteiger partial charge in [-0.3, -0.25) is 0 Å². The third-order valence-electron chi connectivity index (χ3n) is 2.72. The van der Waals surface area contributed by atoms with E-state index in [1.165, 1.54) is 31.6 Å². The molecule has 1 aliphatic rings. The Bertz CT molecular complexity index is 137. The first kappa shape index (κ1) is 12.3. The van der Waals surface area contributed by atoms with Crippen LogP contribution in [0.5, 0.6) is 0 Å². The molecular formula is C11H23NOS. The molecule has 0 aromatic rings. The largest absolute Gasteiger partial charge is 0.385 e. The zero-order chi connectivity index (χ0) is 10.2. The number of rotatable bonds is 6. The van der Waals surface area contributed by atoms with Gasteiger partial charge in [0, 0.05) is 31.6 Å². The Kier molecular flexibility index (Phi) is 6.65. The van der Waals surface area contributed by atoms with Crippen molar-refractivity contribution in [1.82, 2.24) is 5.32 Å². The SMILES string of the molecule is COCCC(C)NCC1CCCCS1. The van der Waals surface area contributed by atoms with Gasteiger partial charge in [0.15, 0.2) is 0 Å². The number of hydrogen-bond donors (Lipinski definition) is 1. The van der Waals surface area contributed by atoms with Crippen LogP contribution in [0.1, 0.15) is 32.6 Å². The van der Waals surface area contributed by atoms with Crippen LogP contribution in [0.4, 0.5) is 0 Å². The fraction of sp³-hybridized carbons (Fsp3) is 1.00. The maximum Gasteiger partial charge on any atom is 0.0476 e. The van der Waals surface area contributed by atoms with Crippen molar-refractivity contribution in [2.45, 2.75) is 43.9 Å². The summed E-state index contributed by atoms with van der Waals surface area (Å²) in [4.78, 5) is 0. The molecule has 2 nitrogen and oxygen atoms in total. The lowest BCUT2D eigenvalue weighted by Gasteiger charge is -2.23. The van der Waals surface area contributed by atoms with E-state index in [4.69, 9.17) is 4.74 Å². The Hall–Kier alpha value is 0.270. The average Bonchev–Trinajstić information content (AvgIpc) is 2.25. The summed E-state index contributed by atoms with van der Waals surface area (Å²) in [5.41, 5.74) is 0. The Morgan fingerprint density at radius 1 is 1.50 bits per heavy atom. The van der Waals surface area contributed by atoms with Gasteiger partial charge in [-0.25, -0.2) is 0 Å². The van der Waals surface area contributed by atoms with Gasteiger partial charge in [0.05, 0.1) is 0 Å². The average molecular weight is 217 g/mol. The van der Waals surface area contributed by atoms with E-state index >= 15 is 0 Å². The van der Waals surface area contributed by atoms with Crippen LogP contribution >= 0.6 is 11.8 Å². The van der Waals surface area contributed by atoms with E-state index in [-0.39, 0.29) is 0 Å². The Labute approximate surface area is 92.2 Å². The van der Waals surface area contributed by atoms with Gasteiger partial charge in [0.2, 0.25) is 0 Å². The minimum absolute atomic E-state index is 0.595. The molecule has 0 saturated carbocycles. The van der Waals surface area contributed by atoms with Crippen LogP contribution in [-0.4, -0.2) is 37.3 Å². The Morgan fingerprint density at radius 2 is 2.36 bits per heavy atom. The first-order valence-electron chi connectivity index (χ1n) is 5.67. The second kappa shape index (κ2) is 7.55. The van der Waals surface area contributed by atoms with Gasteiger partial charge in [-0.15, -0.1) is 0 Å². The van der Waals surface area contributed by atoms with Crippen molar-refractivity contribution in [3.05, 3.63) is 0 Å². The van der Waals surface area contributed by atoms with Gasteiger partial charge < -0.3 is 10.1 Å². The van der Waals surface area contributed by atoms with E-state index in [9.17, 15) is 0 Å². The first-order chi connectivity index (χ1) is 6.83. The zero-order valence-electron chi connectivity index (χ0n) is 9.42. The summed E-state index contributed by atoms with van der Waals surface area (Å²) < 4.78 is 5.06. The van der Waals surface area contributed by atoms with Gasteiger partial charge in [0.1, 0.15) is 0 Å². The van der Waals surface area contributed by atoms with Crippen molar-refractivity contribution in [2.75, 3.05) is 26.0 Å². The van der Waals surface area contributed by atoms with Crippen LogP contribution in [0.25, 0.3) is 0 Å². The lowest BCUT2D eigenvalue weighted by Crippen LogP contribution is -2.34. The van der Waals surface area contributed by atoms with Crippen molar-refractivity contribution in [3.8, 4) is 0 Å². The summed E-state index contributed by atoms with van der Waals surface area (Å²) in [6, 6.07) is 0.595. The Balaban J connectivity index is 2.00. The van der Waals surface area contributed by atoms with Gasteiger partial charge in [0.25, 0.3) is 0 Å². The summed E-state index contributed by atoms with van der Waals surface area (Å²) in [6.45, 7) is 4.29. The molecular weight excluding hydrogens is 194 g/mol. The number of ether oxygens (including phenoxy) is 1. The van der Waals surface area contributed by atoms with E-state index in [1.54, 1.807) is 7.11 Å². The molecule has 1 aliphatic heterocycles. The highest BCUT2D eigenvalue weighted by molar-refractivity contribution is 7.99. The maximum absolute atomic E-state index is 5.06. The molecule has 0 spiro atoms. The molecule has 0 amide bonds. The highest BCUT2D eigenvalue weighted by Gasteiger charge is 2.14. The molecule has 1 fully saturated rings. The van der Waals surface area contributed by atoms with E-state index in [0.717, 1.165) is 18.3 Å². The number of hydrogen-bond acceptors (Lipinski definition) is 3. The van der Waals surface area contributed by atoms with Crippen LogP contribution in [0.3, 0.4) is 0 Å². The summed E-state index contributed by atoms with van der Waals surface area (Å²) >= 11 is 2.14. The molecule has 1 N–H and O–H groups in total. The molecule has 0 aromatic heterocycles. The normalized spacial score (nSPS) is 24.9. The van der Waals surface area contributed by atoms with E-state index in [2.05, 4.69) is 24.0 Å². The van der Waals surface area contributed by atoms with Crippen molar-refractivity contribution in [1.29, 1.82) is 0 Å². The van der Waals surface area contributed by atoms with Crippen LogP contribution in [-0.2, 0) is 4.74 Å². The molecule has 0 radical (unpaired) electrons. The highest BCUT2D eigenvalue weighted by atomic mass is 32.2. The van der Waals surface area contributed by atoms with Crippen molar-refractivity contribution in [2.24, 2.45) is 0 Å². The van der Waals surface area contributed by atoms with E-state index in [0.29, 0.717) is 6.04 Å². The lowest BCUT2D eigenvalue weighted by molar-refractivity contribution is 0.185. The quantitative estimate of drug-likeness (QED) is 0.737. The third kappa shape index (κ3) is 5.23. The number of thioether (sulfide) groups is 1. The topological polar surface area (TPSA) is 21.3 Å². The number of nitrogens with one attached hydrogen (secondary N) is 1. The minimum atomic E-state index is 0.595. The maximum atomic E-state index is 5.06. The third-order valence-corrected chi connectivity index (χ3v) is 4.12. The smallest absolute Gasteiger partial charge is 0.0476 e. The summed E-state index contributed by atoms with van der Waals surface area (Å²) in [5.74, 6) is 1.36. The summed E-state index contributed by atoms with van der Waals surface area (Å²) in [5, 5.41) is 4.44. The fourth-order valence-electron chi connectivity index (χ4n) is 1.70. The highest BCUT2D eigenvalue weighted by Crippen LogP contribution is 2.24. The van der Waals surface area contributed by atoms with Crippen molar-refractivity contribution < 1.29 is 4.74 Å². The fourth-order valence-corrected chi connectivity index (χ4v) is 2.95. The van der Waals surface area contributed by atoms with Crippen molar-refractivity contribution >= 4 is 11.8 Å². The Morgan fingerprint density at radius 3 is 3.00 bits per heavy atom. The molecule has 1 rings (SSSR count). The molecule has 1 saturated heterocycles. The van der Waals surface area contributed by atoms with Gasteiger partial charge >= 0.3 is 0 Å². The standard InChI is InChI=1S/C11H23NOS/c1-10(6-7-13-2)12-9-11-5-3-4-8-14-11/h10-12H,3-9H2,1-2H3. The minimum Gasteiger partial charge on any atom is -0.385 e. The van der Waals surface area contributed by atoms with Crippen LogP contribution in [0, 0.1) is 0 Å². The molecule has 2 atom stereocenters. The summed E-state index contributed by atoms with van der Waals surface area (Å²) in [6.07, 6.45) is 5.36. The first-order valence-corrected chi connectivity index (χ1v) is 6.71. The monoisotopic (exact) mass is 217 g/mol. The van der Waals surface area contributed by atoms with E-state index in [1.807, 2.05) is 0 Å². The van der Waals surface area contributed by atoms with E-state index < -0.39 is 0 Å².